The molecular formula is C5H7O2P. The Bertz CT molecular complexity index is 97.0. The van der Waals surface area contributed by atoms with Crippen molar-refractivity contribution in [2.75, 3.05) is 6.16 Å². The van der Waals surface area contributed by atoms with Crippen LogP contribution in [-0.4, -0.2) is 11.9 Å². The second kappa shape index (κ2) is 4.66. The molecule has 0 aliphatic rings. The zero-order chi connectivity index (χ0) is 6.41. The molecule has 0 atom stereocenters. The fraction of sp³-hybridized carbons (Fsp3) is 0.400. The largest absolute Gasteiger partial charge is 0.298 e. The van der Waals surface area contributed by atoms with E-state index in [0.29, 0.717) is 6.42 Å². The van der Waals surface area contributed by atoms with E-state index in [-0.39, 0.29) is 20.4 Å². The first-order chi connectivity index (χ1) is 3.81. The summed E-state index contributed by atoms with van der Waals surface area (Å²) in [6.07, 6.45) is 1.95. The molecule has 0 aliphatic carbocycles. The van der Waals surface area contributed by atoms with Crippen LogP contribution in [0.3, 0.4) is 0 Å². The van der Waals surface area contributed by atoms with Crippen LogP contribution in [0.5, 0.6) is 0 Å². The molecule has 3 heteroatoms. The summed E-state index contributed by atoms with van der Waals surface area (Å²) in [7, 11) is -0.0985. The lowest BCUT2D eigenvalue weighted by Gasteiger charge is -1.82. The molecule has 8 heavy (non-hydrogen) atoms. The Balaban J connectivity index is 3.32. The van der Waals surface area contributed by atoms with Crippen LogP contribution >= 0.6 is 8.46 Å². The van der Waals surface area contributed by atoms with Crippen molar-refractivity contribution in [1.29, 1.82) is 0 Å². The van der Waals surface area contributed by atoms with Crippen LogP contribution in [-0.2, 0) is 9.36 Å². The van der Waals surface area contributed by atoms with Gasteiger partial charge in [-0.1, -0.05) is 6.08 Å². The Morgan fingerprint density at radius 2 is 2.38 bits per heavy atom. The molecule has 0 aromatic carbocycles. The molecule has 0 aromatic heterocycles. The number of allylic oxidation sites excluding steroid dienone is 1. The lowest BCUT2D eigenvalue weighted by Crippen LogP contribution is -1.94. The van der Waals surface area contributed by atoms with Crippen molar-refractivity contribution in [3.63, 3.8) is 0 Å². The van der Waals surface area contributed by atoms with Gasteiger partial charge >= 0.3 is 0 Å². The summed E-state index contributed by atoms with van der Waals surface area (Å²) in [5, 5.41) is 0. The summed E-state index contributed by atoms with van der Waals surface area (Å²) < 4.78 is 9.73. The van der Waals surface area contributed by atoms with Crippen molar-refractivity contribution in [2.45, 2.75) is 6.42 Å². The van der Waals surface area contributed by atoms with E-state index in [9.17, 15) is 9.36 Å². The maximum absolute atomic E-state index is 10.4. The van der Waals surface area contributed by atoms with Crippen LogP contribution < -0.4 is 0 Å². The van der Waals surface area contributed by atoms with Crippen LogP contribution in [0.15, 0.2) is 12.7 Å². The molecule has 0 aliphatic heterocycles. The fourth-order valence-corrected chi connectivity index (χ4v) is 0.571. The normalized spacial score (nSPS) is 9.00. The highest BCUT2D eigenvalue weighted by molar-refractivity contribution is 7.25. The van der Waals surface area contributed by atoms with Gasteiger partial charge in [0.15, 0.2) is 8.46 Å². The highest BCUT2D eigenvalue weighted by atomic mass is 31.1. The van der Waals surface area contributed by atoms with Gasteiger partial charge in [-0.15, -0.1) is 6.58 Å². The van der Waals surface area contributed by atoms with Crippen molar-refractivity contribution < 1.29 is 9.36 Å². The van der Waals surface area contributed by atoms with Gasteiger partial charge in [0, 0.05) is 6.42 Å². The standard InChI is InChI=1S/C5H7O2P/c1-2-3-5(6)4-8-7/h2H,1,3-4H2. The third-order valence-electron chi connectivity index (χ3n) is 0.613. The number of rotatable bonds is 4. The third kappa shape index (κ3) is 3.69. The molecule has 0 spiro atoms. The molecule has 0 unspecified atom stereocenters. The van der Waals surface area contributed by atoms with Crippen molar-refractivity contribution in [3.8, 4) is 0 Å². The lowest BCUT2D eigenvalue weighted by atomic mass is 10.3. The number of ketones is 1. The number of carbonyl (C=O) groups excluding carboxylic acids is 1. The predicted molar refractivity (Wildman–Crippen MR) is 32.3 cm³/mol. The molecular weight excluding hydrogens is 123 g/mol. The number of carbonyl (C=O) groups is 1. The van der Waals surface area contributed by atoms with E-state index in [0.717, 1.165) is 0 Å². The zero-order valence-corrected chi connectivity index (χ0v) is 5.36. The van der Waals surface area contributed by atoms with E-state index in [1.165, 1.54) is 6.08 Å². The van der Waals surface area contributed by atoms with E-state index in [4.69, 9.17) is 0 Å². The van der Waals surface area contributed by atoms with Crippen molar-refractivity contribution in [3.05, 3.63) is 12.7 Å². The topological polar surface area (TPSA) is 34.1 Å². The molecule has 2 nitrogen and oxygen atoms in total. The van der Waals surface area contributed by atoms with Gasteiger partial charge in [0.2, 0.25) is 0 Å². The van der Waals surface area contributed by atoms with Gasteiger partial charge in [-0.3, -0.25) is 9.36 Å². The zero-order valence-electron chi connectivity index (χ0n) is 4.46. The maximum atomic E-state index is 10.4. The summed E-state index contributed by atoms with van der Waals surface area (Å²) in [6, 6.07) is 0. The van der Waals surface area contributed by atoms with Crippen molar-refractivity contribution in [2.24, 2.45) is 0 Å². The van der Waals surface area contributed by atoms with E-state index in [1.807, 2.05) is 0 Å². The average Bonchev–Trinajstić information content (AvgIpc) is 1.68. The fourth-order valence-electron chi connectivity index (χ4n) is 0.298. The summed E-state index contributed by atoms with van der Waals surface area (Å²) in [5.41, 5.74) is 0. The Hall–Kier alpha value is -0.490. The maximum Gasteiger partial charge on any atom is 0.163 e. The van der Waals surface area contributed by atoms with Gasteiger partial charge in [-0.25, -0.2) is 0 Å². The Morgan fingerprint density at radius 1 is 1.75 bits per heavy atom. The van der Waals surface area contributed by atoms with Crippen LogP contribution in [0, 0.1) is 0 Å². The quantitative estimate of drug-likeness (QED) is 0.426. The number of hydrogen-bond acceptors (Lipinski definition) is 2. The van der Waals surface area contributed by atoms with Gasteiger partial charge in [0.1, 0.15) is 5.78 Å². The number of hydrogen-bond donors (Lipinski definition) is 0. The third-order valence-corrected chi connectivity index (χ3v) is 1.09. The second-order valence-corrected chi connectivity index (χ2v) is 1.89. The Kier molecular flexibility index (Phi) is 4.38. The Labute approximate surface area is 49.8 Å². The van der Waals surface area contributed by atoms with E-state index in [1.54, 1.807) is 0 Å². The van der Waals surface area contributed by atoms with Crippen LogP contribution in [0.25, 0.3) is 0 Å². The lowest BCUT2D eigenvalue weighted by molar-refractivity contribution is -0.115. The monoisotopic (exact) mass is 130 g/mol. The first kappa shape index (κ1) is 7.51. The van der Waals surface area contributed by atoms with Crippen molar-refractivity contribution in [1.82, 2.24) is 0 Å². The van der Waals surface area contributed by atoms with Gasteiger partial charge in [0.25, 0.3) is 0 Å². The molecule has 0 bridgehead atoms. The minimum atomic E-state index is -0.0985. The highest BCUT2D eigenvalue weighted by Gasteiger charge is 1.94. The van der Waals surface area contributed by atoms with E-state index < -0.39 is 0 Å². The molecule has 0 rings (SSSR count). The van der Waals surface area contributed by atoms with E-state index >= 15 is 0 Å². The summed E-state index contributed by atoms with van der Waals surface area (Å²) in [5.74, 6) is -0.0309. The molecule has 0 N–H and O–H groups in total. The molecule has 0 fully saturated rings. The van der Waals surface area contributed by atoms with Gasteiger partial charge in [-0.2, -0.15) is 0 Å². The molecule has 44 valence electrons. The smallest absolute Gasteiger partial charge is 0.163 e. The summed E-state index contributed by atoms with van der Waals surface area (Å²) in [6.45, 7) is 3.36. The molecule has 0 amide bonds. The molecule has 0 saturated heterocycles. The molecule has 0 aromatic rings. The van der Waals surface area contributed by atoms with Gasteiger partial charge < -0.3 is 0 Å². The van der Waals surface area contributed by atoms with Gasteiger partial charge in [-0.05, 0) is 0 Å². The van der Waals surface area contributed by atoms with Gasteiger partial charge in [0.05, 0.1) is 6.16 Å². The summed E-state index contributed by atoms with van der Waals surface area (Å²) in [4.78, 5) is 10.4. The predicted octanol–water partition coefficient (Wildman–Crippen LogP) is 1.42. The van der Waals surface area contributed by atoms with Crippen molar-refractivity contribution >= 4 is 14.2 Å². The summed E-state index contributed by atoms with van der Waals surface area (Å²) >= 11 is 0. The van der Waals surface area contributed by atoms with Crippen LogP contribution in [0.1, 0.15) is 6.42 Å². The van der Waals surface area contributed by atoms with E-state index in [2.05, 4.69) is 6.58 Å². The second-order valence-electron chi connectivity index (χ2n) is 1.32. The van der Waals surface area contributed by atoms with Crippen LogP contribution in [0.4, 0.5) is 0 Å². The minimum Gasteiger partial charge on any atom is -0.298 e. The number of Topliss-reactive ketones (excluding diaryl/α,β-unsaturated/α-hetero) is 1. The molecule has 0 heterocycles. The molecule has 0 radical (unpaired) electrons. The molecule has 0 saturated carbocycles. The van der Waals surface area contributed by atoms with Crippen LogP contribution in [0.2, 0.25) is 0 Å². The first-order valence-electron chi connectivity index (χ1n) is 2.23. The first-order valence-corrected chi connectivity index (χ1v) is 3.22. The SMILES string of the molecule is C=CCC(=O)CP=O. The Morgan fingerprint density at radius 3 is 2.75 bits per heavy atom. The minimum absolute atomic E-state index is 0.0309. The average molecular weight is 130 g/mol. The highest BCUT2D eigenvalue weighted by Crippen LogP contribution is 1.94.